The summed E-state index contributed by atoms with van der Waals surface area (Å²) in [5.74, 6) is -0.916. The van der Waals surface area contributed by atoms with Crippen LogP contribution in [0.3, 0.4) is 0 Å². The fraction of sp³-hybridized carbons (Fsp3) is 0.182. The van der Waals surface area contributed by atoms with E-state index in [4.69, 9.17) is 16.7 Å². The molecule has 78 valence electrons. The molecule has 1 aromatic carbocycles. The summed E-state index contributed by atoms with van der Waals surface area (Å²) < 4.78 is 0. The van der Waals surface area contributed by atoms with Crippen LogP contribution in [-0.2, 0) is 0 Å². The van der Waals surface area contributed by atoms with Crippen molar-refractivity contribution < 1.29 is 9.90 Å². The predicted molar refractivity (Wildman–Crippen MR) is 59.7 cm³/mol. The van der Waals surface area contributed by atoms with Crippen molar-refractivity contribution in [1.82, 2.24) is 4.98 Å². The highest BCUT2D eigenvalue weighted by Gasteiger charge is 2.15. The number of carboxylic acids is 1. The van der Waals surface area contributed by atoms with Crippen LogP contribution in [0.25, 0.3) is 10.9 Å². The molecule has 0 saturated heterocycles. The van der Waals surface area contributed by atoms with Gasteiger partial charge in [0.1, 0.15) is 0 Å². The second-order valence-corrected chi connectivity index (χ2v) is 3.98. The van der Waals surface area contributed by atoms with Crippen molar-refractivity contribution in [2.45, 2.75) is 13.8 Å². The number of benzene rings is 1. The molecule has 1 heterocycles. The van der Waals surface area contributed by atoms with Crippen LogP contribution in [0.5, 0.6) is 0 Å². The van der Waals surface area contributed by atoms with Crippen molar-refractivity contribution in [2.75, 3.05) is 0 Å². The van der Waals surface area contributed by atoms with Gasteiger partial charge >= 0.3 is 5.97 Å². The Bertz CT molecular complexity index is 557. The number of H-pyrrole nitrogens is 1. The average molecular weight is 224 g/mol. The molecule has 0 aliphatic heterocycles. The topological polar surface area (TPSA) is 53.1 Å². The Labute approximate surface area is 91.7 Å². The normalized spacial score (nSPS) is 10.9. The first kappa shape index (κ1) is 10.1. The largest absolute Gasteiger partial charge is 0.478 e. The molecule has 1 aromatic heterocycles. The molecule has 0 atom stereocenters. The summed E-state index contributed by atoms with van der Waals surface area (Å²) in [5.41, 5.74) is 2.62. The maximum Gasteiger partial charge on any atom is 0.338 e. The monoisotopic (exact) mass is 223 g/mol. The molecule has 2 rings (SSSR count). The lowest BCUT2D eigenvalue weighted by Gasteiger charge is -1.98. The smallest absolute Gasteiger partial charge is 0.338 e. The van der Waals surface area contributed by atoms with E-state index in [2.05, 4.69) is 4.98 Å². The van der Waals surface area contributed by atoms with Gasteiger partial charge in [0.25, 0.3) is 0 Å². The first-order chi connectivity index (χ1) is 7.00. The quantitative estimate of drug-likeness (QED) is 0.780. The SMILES string of the molecule is Cc1cc2c(C(=O)O)c(C)[nH]c2cc1Cl. The summed E-state index contributed by atoms with van der Waals surface area (Å²) in [5, 5.41) is 10.4. The third kappa shape index (κ3) is 1.49. The number of carbonyl (C=O) groups is 1. The molecule has 0 amide bonds. The Kier molecular flexibility index (Phi) is 2.20. The van der Waals surface area contributed by atoms with E-state index >= 15 is 0 Å². The van der Waals surface area contributed by atoms with Crippen LogP contribution in [0.1, 0.15) is 21.6 Å². The molecule has 0 aliphatic carbocycles. The second-order valence-electron chi connectivity index (χ2n) is 3.58. The maximum atomic E-state index is 11.0. The summed E-state index contributed by atoms with van der Waals surface area (Å²) in [6.07, 6.45) is 0. The summed E-state index contributed by atoms with van der Waals surface area (Å²) in [7, 11) is 0. The van der Waals surface area contributed by atoms with Gasteiger partial charge in [-0.2, -0.15) is 0 Å². The lowest BCUT2D eigenvalue weighted by molar-refractivity contribution is 0.0698. The van der Waals surface area contributed by atoms with Gasteiger partial charge in [-0.15, -0.1) is 0 Å². The van der Waals surface area contributed by atoms with Crippen molar-refractivity contribution in [3.05, 3.63) is 34.0 Å². The van der Waals surface area contributed by atoms with Crippen LogP contribution in [0.15, 0.2) is 12.1 Å². The fourth-order valence-corrected chi connectivity index (χ4v) is 1.90. The minimum atomic E-state index is -0.916. The van der Waals surface area contributed by atoms with Gasteiger partial charge in [-0.25, -0.2) is 4.79 Å². The Morgan fingerprint density at radius 1 is 1.40 bits per heavy atom. The Morgan fingerprint density at radius 3 is 2.67 bits per heavy atom. The van der Waals surface area contributed by atoms with Gasteiger partial charge in [-0.3, -0.25) is 0 Å². The molecule has 2 aromatic rings. The molecule has 0 aliphatic rings. The van der Waals surface area contributed by atoms with Crippen molar-refractivity contribution in [1.29, 1.82) is 0 Å². The molecule has 0 radical (unpaired) electrons. The summed E-state index contributed by atoms with van der Waals surface area (Å²) >= 11 is 5.96. The number of fused-ring (bicyclic) bond motifs is 1. The first-order valence-corrected chi connectivity index (χ1v) is 4.90. The van der Waals surface area contributed by atoms with Gasteiger partial charge in [0, 0.05) is 21.6 Å². The zero-order valence-electron chi connectivity index (χ0n) is 8.39. The molecule has 15 heavy (non-hydrogen) atoms. The number of hydrogen-bond acceptors (Lipinski definition) is 1. The van der Waals surface area contributed by atoms with Gasteiger partial charge in [0.15, 0.2) is 0 Å². The van der Waals surface area contributed by atoms with Gasteiger partial charge in [0.05, 0.1) is 5.56 Å². The highest BCUT2D eigenvalue weighted by Crippen LogP contribution is 2.27. The zero-order chi connectivity index (χ0) is 11.2. The minimum absolute atomic E-state index is 0.324. The highest BCUT2D eigenvalue weighted by molar-refractivity contribution is 6.32. The number of aromatic nitrogens is 1. The molecular formula is C11H10ClNO2. The molecule has 0 spiro atoms. The number of aromatic amines is 1. The van der Waals surface area contributed by atoms with Crippen molar-refractivity contribution >= 4 is 28.5 Å². The summed E-state index contributed by atoms with van der Waals surface area (Å²) in [6.45, 7) is 3.60. The van der Waals surface area contributed by atoms with E-state index in [1.54, 1.807) is 19.1 Å². The van der Waals surface area contributed by atoms with Gasteiger partial charge in [-0.05, 0) is 31.5 Å². The highest BCUT2D eigenvalue weighted by atomic mass is 35.5. The molecule has 0 bridgehead atoms. The van der Waals surface area contributed by atoms with E-state index in [-0.39, 0.29) is 0 Å². The van der Waals surface area contributed by atoms with Crippen molar-refractivity contribution in [2.24, 2.45) is 0 Å². The van der Waals surface area contributed by atoms with Crippen LogP contribution in [0.4, 0.5) is 0 Å². The zero-order valence-corrected chi connectivity index (χ0v) is 9.14. The standard InChI is InChI=1S/C11H10ClNO2/c1-5-3-7-9(4-8(5)12)13-6(2)10(7)11(14)15/h3-4,13H,1-2H3,(H,14,15). The van der Waals surface area contributed by atoms with E-state index in [0.29, 0.717) is 21.7 Å². The Hall–Kier alpha value is -1.48. The molecule has 0 unspecified atom stereocenters. The van der Waals surface area contributed by atoms with E-state index in [1.807, 2.05) is 6.92 Å². The molecule has 4 heteroatoms. The summed E-state index contributed by atoms with van der Waals surface area (Å²) in [6, 6.07) is 3.55. The third-order valence-corrected chi connectivity index (χ3v) is 2.89. The Morgan fingerprint density at radius 2 is 2.07 bits per heavy atom. The number of nitrogens with one attached hydrogen (secondary N) is 1. The van der Waals surface area contributed by atoms with Crippen LogP contribution in [-0.4, -0.2) is 16.1 Å². The van der Waals surface area contributed by atoms with E-state index in [0.717, 1.165) is 11.1 Å². The molecular weight excluding hydrogens is 214 g/mol. The van der Waals surface area contributed by atoms with Crippen LogP contribution >= 0.6 is 11.6 Å². The number of hydrogen-bond donors (Lipinski definition) is 2. The number of aryl methyl sites for hydroxylation is 2. The van der Waals surface area contributed by atoms with Crippen molar-refractivity contribution in [3.8, 4) is 0 Å². The second kappa shape index (κ2) is 3.28. The Balaban J connectivity index is 2.87. The molecule has 0 saturated carbocycles. The third-order valence-electron chi connectivity index (χ3n) is 2.48. The first-order valence-electron chi connectivity index (χ1n) is 4.52. The van der Waals surface area contributed by atoms with Gasteiger partial charge in [-0.1, -0.05) is 11.6 Å². The fourth-order valence-electron chi connectivity index (χ4n) is 1.73. The van der Waals surface area contributed by atoms with E-state index in [1.165, 1.54) is 0 Å². The number of rotatable bonds is 1. The number of carboxylic acid groups (broad SMARTS) is 1. The van der Waals surface area contributed by atoms with E-state index in [9.17, 15) is 4.79 Å². The van der Waals surface area contributed by atoms with Gasteiger partial charge < -0.3 is 10.1 Å². The maximum absolute atomic E-state index is 11.0. The molecule has 2 N–H and O–H groups in total. The summed E-state index contributed by atoms with van der Waals surface area (Å²) in [4.78, 5) is 14.1. The van der Waals surface area contributed by atoms with Gasteiger partial charge in [0.2, 0.25) is 0 Å². The van der Waals surface area contributed by atoms with Crippen LogP contribution in [0.2, 0.25) is 5.02 Å². The predicted octanol–water partition coefficient (Wildman–Crippen LogP) is 3.14. The number of aromatic carboxylic acids is 1. The van der Waals surface area contributed by atoms with Crippen LogP contribution < -0.4 is 0 Å². The van der Waals surface area contributed by atoms with E-state index < -0.39 is 5.97 Å². The van der Waals surface area contributed by atoms with Crippen LogP contribution in [0, 0.1) is 13.8 Å². The lowest BCUT2D eigenvalue weighted by atomic mass is 10.1. The number of halogens is 1. The molecule has 3 nitrogen and oxygen atoms in total. The lowest BCUT2D eigenvalue weighted by Crippen LogP contribution is -1.97. The average Bonchev–Trinajstić information content (AvgIpc) is 2.41. The molecule has 0 fully saturated rings. The minimum Gasteiger partial charge on any atom is -0.478 e. The van der Waals surface area contributed by atoms with Crippen molar-refractivity contribution in [3.63, 3.8) is 0 Å².